The Morgan fingerprint density at radius 3 is 1.97 bits per heavy atom. The van der Waals surface area contributed by atoms with Gasteiger partial charge in [0.2, 0.25) is 29.5 Å². The molecular formula is C36H52N8O14. The summed E-state index contributed by atoms with van der Waals surface area (Å²) in [5.41, 5.74) is 2.27. The van der Waals surface area contributed by atoms with Crippen molar-refractivity contribution in [2.24, 2.45) is 11.8 Å². The predicted molar refractivity (Wildman–Crippen MR) is 201 cm³/mol. The molecule has 58 heavy (non-hydrogen) atoms. The number of nitro groups is 1. The molecule has 1 aromatic rings. The Hall–Kier alpha value is -6.35. The molecule has 1 aromatic carbocycles. The second-order valence-electron chi connectivity index (χ2n) is 14.2. The molecule has 1 aliphatic heterocycles. The highest BCUT2D eigenvalue weighted by molar-refractivity contribution is 5.98. The molecule has 0 unspecified atom stereocenters. The monoisotopic (exact) mass is 820 g/mol. The van der Waals surface area contributed by atoms with Gasteiger partial charge in [0.05, 0.1) is 11.3 Å². The summed E-state index contributed by atoms with van der Waals surface area (Å²) in [5.74, 6) is -8.95. The van der Waals surface area contributed by atoms with Gasteiger partial charge in [0.1, 0.15) is 36.0 Å². The number of benzene rings is 1. The summed E-state index contributed by atoms with van der Waals surface area (Å²) in [6, 6.07) is -2.09. The second kappa shape index (κ2) is 22.4. The van der Waals surface area contributed by atoms with Crippen molar-refractivity contribution < 1.29 is 63.0 Å². The van der Waals surface area contributed by atoms with Crippen molar-refractivity contribution >= 4 is 59.2 Å². The van der Waals surface area contributed by atoms with Gasteiger partial charge in [-0.05, 0) is 49.7 Å². The molecule has 7 amide bonds. The standard InChI is InChI=1S/C36H52N8O14/c1-7-16-43(36(55)58-23-12-10-22(11-13-23)44(56)57)41-33(52)26-9-8-17-42(26)35(54)30(20(4)5)40-34(53)29(19(2)3)39-32(51)25(18-28(48)49)38-31(50)24(37-21(6)45)14-15-27(46)47/h10-13,19-20,24-26,29-30H,7-9,14-18H2,1-6H3,(H,37,45)(H,38,50)(H,39,51)(H,40,53)(H,41,52)(H,46,47)(H,48,49)/t24-,25-,26+,29-,30-/m0/s1. The zero-order chi connectivity index (χ0) is 43.9. The molecule has 0 bridgehead atoms. The summed E-state index contributed by atoms with van der Waals surface area (Å²) in [5, 5.41) is 39.9. The van der Waals surface area contributed by atoms with Crippen LogP contribution in [0.15, 0.2) is 24.3 Å². The minimum absolute atomic E-state index is 0.0132. The van der Waals surface area contributed by atoms with Crippen LogP contribution in [0.4, 0.5) is 10.5 Å². The number of aliphatic carboxylic acids is 2. The van der Waals surface area contributed by atoms with Gasteiger partial charge in [-0.25, -0.2) is 9.80 Å². The van der Waals surface area contributed by atoms with Gasteiger partial charge in [-0.15, -0.1) is 0 Å². The van der Waals surface area contributed by atoms with E-state index in [1.807, 2.05) is 0 Å². The lowest BCUT2D eigenvalue weighted by atomic mass is 9.98. The van der Waals surface area contributed by atoms with E-state index in [2.05, 4.69) is 26.7 Å². The number of non-ortho nitro benzene ring substituents is 1. The smallest absolute Gasteiger partial charge is 0.434 e. The fraction of sp³-hybridized carbons (Fsp3) is 0.583. The van der Waals surface area contributed by atoms with Crippen molar-refractivity contribution in [1.82, 2.24) is 36.6 Å². The molecule has 1 saturated heterocycles. The van der Waals surface area contributed by atoms with Gasteiger partial charge >= 0.3 is 18.0 Å². The lowest BCUT2D eigenvalue weighted by Gasteiger charge is -2.33. The number of carboxylic acids is 2. The Kier molecular flexibility index (Phi) is 18.5. The van der Waals surface area contributed by atoms with Gasteiger partial charge in [0.15, 0.2) is 0 Å². The van der Waals surface area contributed by atoms with Crippen molar-refractivity contribution in [2.45, 2.75) is 110 Å². The summed E-state index contributed by atoms with van der Waals surface area (Å²) in [6.07, 6.45) is -1.79. The average molecular weight is 821 g/mol. The van der Waals surface area contributed by atoms with Crippen LogP contribution in [0.2, 0.25) is 0 Å². The van der Waals surface area contributed by atoms with Crippen LogP contribution < -0.4 is 31.4 Å². The van der Waals surface area contributed by atoms with E-state index >= 15 is 0 Å². The molecule has 5 atom stereocenters. The molecule has 320 valence electrons. The van der Waals surface area contributed by atoms with Crippen LogP contribution in [0.3, 0.4) is 0 Å². The molecule has 22 heteroatoms. The summed E-state index contributed by atoms with van der Waals surface area (Å²) >= 11 is 0. The average Bonchev–Trinajstić information content (AvgIpc) is 3.63. The molecule has 0 aromatic heterocycles. The number of amides is 7. The highest BCUT2D eigenvalue weighted by Crippen LogP contribution is 2.22. The molecule has 1 aliphatic rings. The predicted octanol–water partition coefficient (Wildman–Crippen LogP) is 0.438. The normalized spacial score (nSPS) is 15.6. The minimum atomic E-state index is -1.76. The van der Waals surface area contributed by atoms with Crippen molar-refractivity contribution in [3.63, 3.8) is 0 Å². The highest BCUT2D eigenvalue weighted by atomic mass is 16.6. The number of hydrazine groups is 1. The number of nitrogens with one attached hydrogen (secondary N) is 5. The maximum atomic E-state index is 14.0. The van der Waals surface area contributed by atoms with Gasteiger partial charge in [-0.2, -0.15) is 0 Å². The van der Waals surface area contributed by atoms with E-state index < -0.39 is 113 Å². The highest BCUT2D eigenvalue weighted by Gasteiger charge is 2.41. The first kappa shape index (κ1) is 47.8. The van der Waals surface area contributed by atoms with Crippen LogP contribution in [-0.4, -0.2) is 122 Å². The lowest BCUT2D eigenvalue weighted by molar-refractivity contribution is -0.384. The fourth-order valence-electron chi connectivity index (χ4n) is 5.88. The topological polar surface area (TPSA) is 313 Å². The number of nitrogens with zero attached hydrogens (tertiary/aromatic N) is 3. The number of hydrogen-bond acceptors (Lipinski definition) is 12. The van der Waals surface area contributed by atoms with Crippen LogP contribution in [0.5, 0.6) is 5.75 Å². The molecule has 22 nitrogen and oxygen atoms in total. The Morgan fingerprint density at radius 2 is 1.45 bits per heavy atom. The van der Waals surface area contributed by atoms with E-state index in [4.69, 9.17) is 9.84 Å². The van der Waals surface area contributed by atoms with E-state index in [1.54, 1.807) is 34.6 Å². The first-order valence-corrected chi connectivity index (χ1v) is 18.6. The maximum Gasteiger partial charge on any atom is 0.434 e. The first-order valence-electron chi connectivity index (χ1n) is 18.6. The minimum Gasteiger partial charge on any atom is -0.481 e. The maximum absolute atomic E-state index is 14.0. The van der Waals surface area contributed by atoms with Gasteiger partial charge in [-0.3, -0.25) is 53.9 Å². The molecule has 0 spiro atoms. The zero-order valence-corrected chi connectivity index (χ0v) is 33.1. The Labute approximate surface area is 333 Å². The van der Waals surface area contributed by atoms with Crippen LogP contribution in [0.1, 0.15) is 80.1 Å². The summed E-state index contributed by atoms with van der Waals surface area (Å²) in [7, 11) is 0. The second-order valence-corrected chi connectivity index (χ2v) is 14.2. The van der Waals surface area contributed by atoms with Crippen LogP contribution in [-0.2, 0) is 38.4 Å². The molecule has 1 fully saturated rings. The third-order valence-electron chi connectivity index (χ3n) is 8.83. The summed E-state index contributed by atoms with van der Waals surface area (Å²) in [6.45, 7) is 9.38. The SMILES string of the molecule is CCCN(NC(=O)[C@H]1CCCN1C(=O)[C@@H](NC(=O)[C@@H](NC(=O)[C@H](CC(=O)O)NC(=O)[C@H](CCC(=O)O)NC(C)=O)C(C)C)C(C)C)C(=O)Oc1ccc([N+](=O)[O-])cc1. The van der Waals surface area contributed by atoms with Crippen molar-refractivity contribution in [3.8, 4) is 5.75 Å². The van der Waals surface area contributed by atoms with Crippen LogP contribution >= 0.6 is 0 Å². The zero-order valence-electron chi connectivity index (χ0n) is 33.1. The van der Waals surface area contributed by atoms with Crippen molar-refractivity contribution in [1.29, 1.82) is 0 Å². The van der Waals surface area contributed by atoms with Crippen LogP contribution in [0.25, 0.3) is 0 Å². The van der Waals surface area contributed by atoms with E-state index in [-0.39, 0.29) is 37.4 Å². The van der Waals surface area contributed by atoms with Gasteiger partial charge in [-0.1, -0.05) is 34.6 Å². The van der Waals surface area contributed by atoms with E-state index in [0.717, 1.165) is 24.1 Å². The van der Waals surface area contributed by atoms with E-state index in [1.165, 1.54) is 17.0 Å². The molecule has 0 aliphatic carbocycles. The quantitative estimate of drug-likeness (QED) is 0.0694. The van der Waals surface area contributed by atoms with Gasteiger partial charge < -0.3 is 41.1 Å². The first-order chi connectivity index (χ1) is 27.2. The van der Waals surface area contributed by atoms with E-state index in [9.17, 15) is 58.4 Å². The van der Waals surface area contributed by atoms with Crippen molar-refractivity contribution in [3.05, 3.63) is 34.4 Å². The number of carbonyl (C=O) groups excluding carboxylic acids is 7. The third kappa shape index (κ3) is 14.6. The summed E-state index contributed by atoms with van der Waals surface area (Å²) in [4.78, 5) is 127. The number of carbonyl (C=O) groups is 9. The number of likely N-dealkylation sites (tertiary alicyclic amines) is 1. The Bertz CT molecular complexity index is 1700. The number of nitro benzene ring substituents is 1. The van der Waals surface area contributed by atoms with E-state index in [0.29, 0.717) is 12.8 Å². The molecule has 0 saturated carbocycles. The molecular weight excluding hydrogens is 768 g/mol. The number of ether oxygens (including phenoxy) is 1. The van der Waals surface area contributed by atoms with Crippen LogP contribution in [0, 0.1) is 22.0 Å². The fourth-order valence-corrected chi connectivity index (χ4v) is 5.88. The van der Waals surface area contributed by atoms with Gasteiger partial charge in [0, 0.05) is 38.6 Å². The number of hydrogen-bond donors (Lipinski definition) is 7. The number of carboxylic acid groups (broad SMARTS) is 2. The molecule has 0 radical (unpaired) electrons. The molecule has 2 rings (SSSR count). The van der Waals surface area contributed by atoms with Crippen molar-refractivity contribution in [2.75, 3.05) is 13.1 Å². The largest absolute Gasteiger partial charge is 0.481 e. The summed E-state index contributed by atoms with van der Waals surface area (Å²) < 4.78 is 5.29. The third-order valence-corrected chi connectivity index (χ3v) is 8.83. The Balaban J connectivity index is 2.22. The molecule has 7 N–H and O–H groups in total. The molecule has 1 heterocycles. The lowest BCUT2D eigenvalue weighted by Crippen LogP contribution is -2.61. The Morgan fingerprint density at radius 1 is 0.862 bits per heavy atom. The van der Waals surface area contributed by atoms with Gasteiger partial charge in [0.25, 0.3) is 11.6 Å². The number of rotatable bonds is 20.